The maximum Gasteiger partial charge on any atom is 0.133 e. The quantitative estimate of drug-likeness (QED) is 0.670. The Balaban J connectivity index is 2.21. The van der Waals surface area contributed by atoms with E-state index in [0.29, 0.717) is 6.42 Å². The van der Waals surface area contributed by atoms with E-state index in [1.165, 1.54) is 16.7 Å². The summed E-state index contributed by atoms with van der Waals surface area (Å²) in [5.41, 5.74) is 3.87. The first-order chi connectivity index (χ1) is 6.25. The van der Waals surface area contributed by atoms with Crippen molar-refractivity contribution >= 4 is 11.9 Å². The van der Waals surface area contributed by atoms with Crippen LogP contribution in [0.25, 0.3) is 6.08 Å². The molecule has 2 rings (SSSR count). The van der Waals surface area contributed by atoms with Gasteiger partial charge in [0.05, 0.1) is 0 Å². The SMILES string of the molecule is CC(=O)CC1=Cc2ccccc2C1. The molecule has 1 aromatic rings. The number of rotatable bonds is 2. The first-order valence-electron chi connectivity index (χ1n) is 4.52. The van der Waals surface area contributed by atoms with E-state index in [9.17, 15) is 4.79 Å². The molecular weight excluding hydrogens is 160 g/mol. The molecule has 0 aliphatic heterocycles. The Hall–Kier alpha value is -1.37. The molecule has 0 saturated carbocycles. The van der Waals surface area contributed by atoms with Gasteiger partial charge in [-0.1, -0.05) is 35.9 Å². The van der Waals surface area contributed by atoms with Crippen molar-refractivity contribution in [2.24, 2.45) is 0 Å². The van der Waals surface area contributed by atoms with E-state index >= 15 is 0 Å². The molecule has 0 atom stereocenters. The molecule has 0 aromatic heterocycles. The van der Waals surface area contributed by atoms with E-state index in [2.05, 4.69) is 18.2 Å². The lowest BCUT2D eigenvalue weighted by Gasteiger charge is -1.97. The van der Waals surface area contributed by atoms with E-state index in [4.69, 9.17) is 0 Å². The van der Waals surface area contributed by atoms with Gasteiger partial charge in [-0.2, -0.15) is 0 Å². The van der Waals surface area contributed by atoms with Crippen LogP contribution in [0.4, 0.5) is 0 Å². The molecule has 0 N–H and O–H groups in total. The molecule has 0 fully saturated rings. The Labute approximate surface area is 78.1 Å². The lowest BCUT2D eigenvalue weighted by Crippen LogP contribution is -1.93. The van der Waals surface area contributed by atoms with E-state index in [1.54, 1.807) is 6.92 Å². The minimum atomic E-state index is 0.249. The van der Waals surface area contributed by atoms with Gasteiger partial charge in [0.2, 0.25) is 0 Å². The van der Waals surface area contributed by atoms with Crippen LogP contribution >= 0.6 is 0 Å². The standard InChI is InChI=1S/C12H12O/c1-9(13)6-10-7-11-4-2-3-5-12(11)8-10/h2-5,7H,6,8H2,1H3. The molecule has 1 aliphatic carbocycles. The lowest BCUT2D eigenvalue weighted by molar-refractivity contribution is -0.116. The molecular formula is C12H12O. The van der Waals surface area contributed by atoms with E-state index in [1.807, 2.05) is 12.1 Å². The van der Waals surface area contributed by atoms with E-state index < -0.39 is 0 Å². The number of allylic oxidation sites excluding steroid dienone is 1. The van der Waals surface area contributed by atoms with Crippen LogP contribution in [-0.4, -0.2) is 5.78 Å². The average molecular weight is 172 g/mol. The normalized spacial score (nSPS) is 13.8. The van der Waals surface area contributed by atoms with Crippen molar-refractivity contribution in [2.75, 3.05) is 0 Å². The Morgan fingerprint density at radius 1 is 1.38 bits per heavy atom. The number of hydrogen-bond acceptors (Lipinski definition) is 1. The van der Waals surface area contributed by atoms with Crippen molar-refractivity contribution in [2.45, 2.75) is 19.8 Å². The molecule has 1 nitrogen and oxygen atoms in total. The second kappa shape index (κ2) is 3.17. The molecule has 0 heterocycles. The number of carbonyl (C=O) groups is 1. The number of carbonyl (C=O) groups excluding carboxylic acids is 1. The molecule has 0 bridgehead atoms. The van der Waals surface area contributed by atoms with Gasteiger partial charge in [-0.25, -0.2) is 0 Å². The number of hydrogen-bond donors (Lipinski definition) is 0. The molecule has 1 aromatic carbocycles. The molecule has 13 heavy (non-hydrogen) atoms. The summed E-state index contributed by atoms with van der Waals surface area (Å²) in [6.45, 7) is 1.64. The third-order valence-electron chi connectivity index (χ3n) is 2.31. The topological polar surface area (TPSA) is 17.1 Å². The highest BCUT2D eigenvalue weighted by atomic mass is 16.1. The highest BCUT2D eigenvalue weighted by Gasteiger charge is 2.12. The maximum atomic E-state index is 10.9. The van der Waals surface area contributed by atoms with Crippen molar-refractivity contribution in [1.82, 2.24) is 0 Å². The summed E-state index contributed by atoms with van der Waals surface area (Å²) in [6, 6.07) is 8.30. The predicted octanol–water partition coefficient (Wildman–Crippen LogP) is 2.61. The monoisotopic (exact) mass is 172 g/mol. The van der Waals surface area contributed by atoms with Gasteiger partial charge in [-0.05, 0) is 24.5 Å². The van der Waals surface area contributed by atoms with Crippen LogP contribution < -0.4 is 0 Å². The first-order valence-corrected chi connectivity index (χ1v) is 4.52. The van der Waals surface area contributed by atoms with E-state index in [-0.39, 0.29) is 5.78 Å². The Kier molecular flexibility index (Phi) is 2.01. The molecule has 0 radical (unpaired) electrons. The first kappa shape index (κ1) is 8.24. The van der Waals surface area contributed by atoms with Crippen LogP contribution in [0.2, 0.25) is 0 Å². The summed E-state index contributed by atoms with van der Waals surface area (Å²) in [4.78, 5) is 10.9. The van der Waals surface area contributed by atoms with Crippen molar-refractivity contribution in [3.63, 3.8) is 0 Å². The van der Waals surface area contributed by atoms with Gasteiger partial charge in [0.1, 0.15) is 5.78 Å². The number of fused-ring (bicyclic) bond motifs is 1. The highest BCUT2D eigenvalue weighted by molar-refractivity contribution is 5.81. The lowest BCUT2D eigenvalue weighted by atomic mass is 10.1. The zero-order valence-corrected chi connectivity index (χ0v) is 7.71. The van der Waals surface area contributed by atoms with Crippen LogP contribution in [0.3, 0.4) is 0 Å². The largest absolute Gasteiger partial charge is 0.300 e. The van der Waals surface area contributed by atoms with Gasteiger partial charge in [0, 0.05) is 6.42 Å². The Morgan fingerprint density at radius 3 is 2.85 bits per heavy atom. The van der Waals surface area contributed by atoms with Gasteiger partial charge in [-0.3, -0.25) is 4.79 Å². The third-order valence-corrected chi connectivity index (χ3v) is 2.31. The predicted molar refractivity (Wildman–Crippen MR) is 53.4 cm³/mol. The summed E-state index contributed by atoms with van der Waals surface area (Å²) in [6.07, 6.45) is 3.70. The van der Waals surface area contributed by atoms with Crippen molar-refractivity contribution in [3.8, 4) is 0 Å². The van der Waals surface area contributed by atoms with Gasteiger partial charge < -0.3 is 0 Å². The van der Waals surface area contributed by atoms with Gasteiger partial charge >= 0.3 is 0 Å². The summed E-state index contributed by atoms with van der Waals surface area (Å²) in [5.74, 6) is 0.249. The average Bonchev–Trinajstić information content (AvgIpc) is 2.44. The summed E-state index contributed by atoms with van der Waals surface area (Å²) >= 11 is 0. The number of ketones is 1. The van der Waals surface area contributed by atoms with Crippen molar-refractivity contribution in [3.05, 3.63) is 41.0 Å². The Bertz CT molecular complexity index is 374. The fourth-order valence-electron chi connectivity index (χ4n) is 1.78. The fraction of sp³-hybridized carbons (Fsp3) is 0.250. The molecule has 0 amide bonds. The van der Waals surface area contributed by atoms with Gasteiger partial charge in [-0.15, -0.1) is 0 Å². The van der Waals surface area contributed by atoms with Crippen LogP contribution in [0.1, 0.15) is 24.5 Å². The maximum absolute atomic E-state index is 10.9. The molecule has 66 valence electrons. The van der Waals surface area contributed by atoms with Gasteiger partial charge in [0.15, 0.2) is 0 Å². The van der Waals surface area contributed by atoms with Crippen LogP contribution in [0.5, 0.6) is 0 Å². The zero-order valence-electron chi connectivity index (χ0n) is 7.71. The summed E-state index contributed by atoms with van der Waals surface area (Å²) < 4.78 is 0. The molecule has 0 spiro atoms. The van der Waals surface area contributed by atoms with Crippen molar-refractivity contribution < 1.29 is 4.79 Å². The zero-order chi connectivity index (χ0) is 9.26. The minimum Gasteiger partial charge on any atom is -0.300 e. The molecule has 1 heteroatoms. The second-order valence-corrected chi connectivity index (χ2v) is 3.56. The Morgan fingerprint density at radius 2 is 2.15 bits per heavy atom. The van der Waals surface area contributed by atoms with Crippen LogP contribution in [0, 0.1) is 0 Å². The van der Waals surface area contributed by atoms with Gasteiger partial charge in [0.25, 0.3) is 0 Å². The molecule has 1 aliphatic rings. The smallest absolute Gasteiger partial charge is 0.133 e. The highest BCUT2D eigenvalue weighted by Crippen LogP contribution is 2.26. The number of Topliss-reactive ketones (excluding diaryl/α,β-unsaturated/α-hetero) is 1. The van der Waals surface area contributed by atoms with E-state index in [0.717, 1.165) is 6.42 Å². The second-order valence-electron chi connectivity index (χ2n) is 3.56. The minimum absolute atomic E-state index is 0.249. The van der Waals surface area contributed by atoms with Crippen LogP contribution in [0.15, 0.2) is 29.8 Å². The summed E-state index contributed by atoms with van der Waals surface area (Å²) in [5, 5.41) is 0. The molecule has 0 saturated heterocycles. The summed E-state index contributed by atoms with van der Waals surface area (Å²) in [7, 11) is 0. The fourth-order valence-corrected chi connectivity index (χ4v) is 1.78. The molecule has 0 unspecified atom stereocenters. The number of benzene rings is 1. The third kappa shape index (κ3) is 1.69. The van der Waals surface area contributed by atoms with Crippen molar-refractivity contribution in [1.29, 1.82) is 0 Å². The van der Waals surface area contributed by atoms with Crippen LogP contribution in [-0.2, 0) is 11.2 Å².